The summed E-state index contributed by atoms with van der Waals surface area (Å²) in [6, 6.07) is -0.995. The van der Waals surface area contributed by atoms with Crippen LogP contribution in [0.15, 0.2) is 0 Å². The van der Waals surface area contributed by atoms with Gasteiger partial charge >= 0.3 is 12.0 Å². The van der Waals surface area contributed by atoms with E-state index in [2.05, 4.69) is 0 Å². The van der Waals surface area contributed by atoms with Gasteiger partial charge in [-0.05, 0) is 40.0 Å². The summed E-state index contributed by atoms with van der Waals surface area (Å²) in [6.45, 7) is 8.02. The van der Waals surface area contributed by atoms with Crippen molar-refractivity contribution in [2.24, 2.45) is 0 Å². The summed E-state index contributed by atoms with van der Waals surface area (Å²) in [5.41, 5.74) is 0.934. The van der Waals surface area contributed by atoms with E-state index in [0.29, 0.717) is 25.9 Å². The van der Waals surface area contributed by atoms with Crippen molar-refractivity contribution in [2.75, 3.05) is 19.6 Å². The standard InChI is InChI=1S/C17H31N3O5/c1-5-6-7-10-19(12-14(21)18-24)16(23)20-11-8-9-13(20)15(22)25-17(2,3)4/h13,24H,5-12H2,1-4H3,(H,18,21)/t13-/m0/s1. The highest BCUT2D eigenvalue weighted by atomic mass is 16.6. The second-order valence-electron chi connectivity index (χ2n) is 7.33. The number of amides is 3. The number of unbranched alkanes of at least 4 members (excludes halogenated alkanes) is 2. The molecule has 1 atom stereocenters. The molecule has 0 aromatic rings. The molecular formula is C17H31N3O5. The van der Waals surface area contributed by atoms with Crippen molar-refractivity contribution in [1.82, 2.24) is 15.3 Å². The first-order chi connectivity index (χ1) is 11.7. The molecule has 1 aliphatic heterocycles. The van der Waals surface area contributed by atoms with Crippen LogP contribution in [0, 0.1) is 0 Å². The molecule has 2 N–H and O–H groups in total. The van der Waals surface area contributed by atoms with Crippen LogP contribution in [0.5, 0.6) is 0 Å². The molecule has 1 fully saturated rings. The molecule has 1 rings (SSSR count). The van der Waals surface area contributed by atoms with E-state index in [4.69, 9.17) is 9.94 Å². The molecule has 1 aliphatic rings. The largest absolute Gasteiger partial charge is 0.458 e. The molecule has 0 bridgehead atoms. The maximum atomic E-state index is 12.9. The van der Waals surface area contributed by atoms with Gasteiger partial charge in [0.1, 0.15) is 18.2 Å². The number of carbonyl (C=O) groups is 3. The maximum absolute atomic E-state index is 12.9. The van der Waals surface area contributed by atoms with Crippen molar-refractivity contribution < 1.29 is 24.3 Å². The van der Waals surface area contributed by atoms with Crippen molar-refractivity contribution in [3.63, 3.8) is 0 Å². The van der Waals surface area contributed by atoms with Gasteiger partial charge in [0.15, 0.2) is 0 Å². The molecular weight excluding hydrogens is 326 g/mol. The lowest BCUT2D eigenvalue weighted by Gasteiger charge is -2.32. The molecule has 1 saturated heterocycles. The summed E-state index contributed by atoms with van der Waals surface area (Å²) in [7, 11) is 0. The predicted molar refractivity (Wildman–Crippen MR) is 92.0 cm³/mol. The third-order valence-corrected chi connectivity index (χ3v) is 3.94. The summed E-state index contributed by atoms with van der Waals surface area (Å²) < 4.78 is 5.41. The van der Waals surface area contributed by atoms with Crippen molar-refractivity contribution in [1.29, 1.82) is 0 Å². The lowest BCUT2D eigenvalue weighted by molar-refractivity contribution is -0.159. The fraction of sp³-hybridized carbons (Fsp3) is 0.824. The zero-order valence-electron chi connectivity index (χ0n) is 15.7. The van der Waals surface area contributed by atoms with E-state index >= 15 is 0 Å². The van der Waals surface area contributed by atoms with Crippen molar-refractivity contribution in [3.8, 4) is 0 Å². The van der Waals surface area contributed by atoms with Crippen LogP contribution in [0.1, 0.15) is 59.8 Å². The summed E-state index contributed by atoms with van der Waals surface area (Å²) in [5.74, 6) is -1.07. The van der Waals surface area contributed by atoms with Gasteiger partial charge in [0.25, 0.3) is 5.91 Å². The zero-order valence-corrected chi connectivity index (χ0v) is 15.7. The number of hydroxylamine groups is 1. The van der Waals surface area contributed by atoms with Gasteiger partial charge in [-0.15, -0.1) is 0 Å². The molecule has 3 amide bonds. The Morgan fingerprint density at radius 1 is 1.28 bits per heavy atom. The van der Waals surface area contributed by atoms with Gasteiger partial charge < -0.3 is 14.5 Å². The fourth-order valence-corrected chi connectivity index (χ4v) is 2.80. The van der Waals surface area contributed by atoms with E-state index in [1.54, 1.807) is 26.3 Å². The van der Waals surface area contributed by atoms with Gasteiger partial charge in [-0.25, -0.2) is 15.1 Å². The van der Waals surface area contributed by atoms with Gasteiger partial charge in [-0.2, -0.15) is 0 Å². The second kappa shape index (κ2) is 9.60. The van der Waals surface area contributed by atoms with E-state index in [9.17, 15) is 14.4 Å². The topological polar surface area (TPSA) is 99.2 Å². The highest BCUT2D eigenvalue weighted by Gasteiger charge is 2.38. The van der Waals surface area contributed by atoms with Crippen LogP contribution in [0.2, 0.25) is 0 Å². The maximum Gasteiger partial charge on any atom is 0.329 e. The Balaban J connectivity index is 2.81. The quantitative estimate of drug-likeness (QED) is 0.314. The van der Waals surface area contributed by atoms with Crippen LogP contribution in [0.4, 0.5) is 4.79 Å². The Morgan fingerprint density at radius 2 is 1.96 bits per heavy atom. The number of likely N-dealkylation sites (tertiary alicyclic amines) is 1. The lowest BCUT2D eigenvalue weighted by atomic mass is 10.1. The molecule has 0 saturated carbocycles. The number of rotatable bonds is 7. The third kappa shape index (κ3) is 6.89. The van der Waals surface area contributed by atoms with Gasteiger partial charge in [-0.3, -0.25) is 10.0 Å². The van der Waals surface area contributed by atoms with Crippen molar-refractivity contribution in [2.45, 2.75) is 71.4 Å². The first-order valence-corrected chi connectivity index (χ1v) is 8.91. The van der Waals surface area contributed by atoms with Crippen LogP contribution in [-0.4, -0.2) is 64.2 Å². The van der Waals surface area contributed by atoms with Crippen LogP contribution < -0.4 is 5.48 Å². The van der Waals surface area contributed by atoms with E-state index in [-0.39, 0.29) is 12.6 Å². The van der Waals surface area contributed by atoms with Gasteiger partial charge in [0.05, 0.1) is 0 Å². The summed E-state index contributed by atoms with van der Waals surface area (Å²) in [4.78, 5) is 39.6. The summed E-state index contributed by atoms with van der Waals surface area (Å²) in [5, 5.41) is 8.74. The Kier molecular flexibility index (Phi) is 8.15. The second-order valence-corrected chi connectivity index (χ2v) is 7.33. The minimum absolute atomic E-state index is 0.239. The molecule has 8 heteroatoms. The molecule has 0 aromatic carbocycles. The van der Waals surface area contributed by atoms with E-state index in [1.165, 1.54) is 9.80 Å². The number of hydrogen-bond donors (Lipinski definition) is 2. The number of ether oxygens (including phenoxy) is 1. The normalized spacial score (nSPS) is 17.3. The van der Waals surface area contributed by atoms with Crippen LogP contribution in [-0.2, 0) is 14.3 Å². The van der Waals surface area contributed by atoms with E-state index in [1.807, 2.05) is 6.92 Å². The lowest BCUT2D eigenvalue weighted by Crippen LogP contribution is -2.51. The number of urea groups is 1. The molecule has 0 unspecified atom stereocenters. The van der Waals surface area contributed by atoms with Crippen molar-refractivity contribution >= 4 is 17.9 Å². The number of nitrogens with one attached hydrogen (secondary N) is 1. The molecule has 8 nitrogen and oxygen atoms in total. The average molecular weight is 357 g/mol. The number of hydrogen-bond acceptors (Lipinski definition) is 5. The monoisotopic (exact) mass is 357 g/mol. The zero-order chi connectivity index (χ0) is 19.0. The SMILES string of the molecule is CCCCCN(CC(=O)NO)C(=O)N1CCC[C@H]1C(=O)OC(C)(C)C. The first kappa shape index (κ1) is 21.2. The minimum Gasteiger partial charge on any atom is -0.458 e. The van der Waals surface area contributed by atoms with Crippen LogP contribution >= 0.6 is 0 Å². The first-order valence-electron chi connectivity index (χ1n) is 8.91. The molecule has 0 spiro atoms. The highest BCUT2D eigenvalue weighted by molar-refractivity contribution is 5.87. The predicted octanol–water partition coefficient (Wildman–Crippen LogP) is 1.91. The van der Waals surface area contributed by atoms with Gasteiger partial charge in [-0.1, -0.05) is 19.8 Å². The molecule has 0 radical (unpaired) electrons. The van der Waals surface area contributed by atoms with Gasteiger partial charge in [0, 0.05) is 13.1 Å². The number of esters is 1. The Labute approximate surface area is 149 Å². The van der Waals surface area contributed by atoms with E-state index in [0.717, 1.165) is 19.3 Å². The fourth-order valence-electron chi connectivity index (χ4n) is 2.80. The van der Waals surface area contributed by atoms with Crippen molar-refractivity contribution in [3.05, 3.63) is 0 Å². The van der Waals surface area contributed by atoms with Crippen LogP contribution in [0.3, 0.4) is 0 Å². The van der Waals surface area contributed by atoms with Gasteiger partial charge in [0.2, 0.25) is 0 Å². The summed E-state index contributed by atoms with van der Waals surface area (Å²) in [6.07, 6.45) is 3.94. The molecule has 25 heavy (non-hydrogen) atoms. The molecule has 0 aliphatic carbocycles. The molecule has 1 heterocycles. The summed E-state index contributed by atoms with van der Waals surface area (Å²) >= 11 is 0. The Morgan fingerprint density at radius 3 is 2.52 bits per heavy atom. The van der Waals surface area contributed by atoms with Crippen LogP contribution in [0.25, 0.3) is 0 Å². The Bertz CT molecular complexity index is 475. The Hall–Kier alpha value is -1.83. The number of carbonyl (C=O) groups excluding carboxylic acids is 3. The highest BCUT2D eigenvalue weighted by Crippen LogP contribution is 2.22. The van der Waals surface area contributed by atoms with E-state index < -0.39 is 23.5 Å². The number of nitrogens with zero attached hydrogens (tertiary/aromatic N) is 2. The third-order valence-electron chi connectivity index (χ3n) is 3.94. The minimum atomic E-state index is -0.655. The molecule has 0 aromatic heterocycles. The molecule has 144 valence electrons. The average Bonchev–Trinajstić information content (AvgIpc) is 3.01. The smallest absolute Gasteiger partial charge is 0.329 e.